The molecule has 0 radical (unpaired) electrons. The molecule has 1 aromatic heterocycles. The fraction of sp³-hybridized carbons (Fsp3) is 0.417. The maximum atomic E-state index is 11.9. The number of nitrogens with zero attached hydrogens (tertiary/aromatic N) is 1. The van der Waals surface area contributed by atoms with Crippen LogP contribution in [0.25, 0.3) is 0 Å². The van der Waals surface area contributed by atoms with E-state index in [2.05, 4.69) is 10.3 Å². The van der Waals surface area contributed by atoms with E-state index < -0.39 is 17.9 Å². The maximum Gasteiger partial charge on any atom is 0.328 e. The Balaban J connectivity index is 2.78. The van der Waals surface area contributed by atoms with Crippen LogP contribution in [0, 0.1) is 0 Å². The average molecular weight is 268 g/mol. The zero-order chi connectivity index (χ0) is 14.3. The van der Waals surface area contributed by atoms with Crippen LogP contribution in [0.3, 0.4) is 0 Å². The highest BCUT2D eigenvalue weighted by Crippen LogP contribution is 2.14. The van der Waals surface area contributed by atoms with Crippen LogP contribution in [0.15, 0.2) is 18.3 Å². The summed E-state index contributed by atoms with van der Waals surface area (Å²) in [5.41, 5.74) is 0.0350. The summed E-state index contributed by atoms with van der Waals surface area (Å²) < 4.78 is 9.99. The van der Waals surface area contributed by atoms with Gasteiger partial charge < -0.3 is 19.9 Å². The first kappa shape index (κ1) is 14.9. The van der Waals surface area contributed by atoms with Gasteiger partial charge in [0.1, 0.15) is 5.75 Å². The van der Waals surface area contributed by atoms with Gasteiger partial charge in [0.25, 0.3) is 5.91 Å². The second-order valence-electron chi connectivity index (χ2n) is 3.58. The highest BCUT2D eigenvalue weighted by atomic mass is 16.5. The normalized spacial score (nSPS) is 11.7. The topological polar surface area (TPSA) is 97.8 Å². The van der Waals surface area contributed by atoms with E-state index in [0.29, 0.717) is 6.61 Å². The Morgan fingerprint density at radius 2 is 2.26 bits per heavy atom. The minimum Gasteiger partial charge on any atom is -0.494 e. The minimum absolute atomic E-state index is 0.0350. The fourth-order valence-corrected chi connectivity index (χ4v) is 1.36. The molecule has 0 saturated heterocycles. The number of carboxylic acid groups (broad SMARTS) is 1. The summed E-state index contributed by atoms with van der Waals surface area (Å²) in [7, 11) is 1.41. The number of hydrogen-bond donors (Lipinski definition) is 2. The predicted molar refractivity (Wildman–Crippen MR) is 66.2 cm³/mol. The molecular weight excluding hydrogens is 252 g/mol. The third kappa shape index (κ3) is 4.22. The van der Waals surface area contributed by atoms with Gasteiger partial charge in [0, 0.05) is 12.8 Å². The lowest BCUT2D eigenvalue weighted by molar-refractivity contribution is -0.140. The van der Waals surface area contributed by atoms with E-state index in [1.54, 1.807) is 19.1 Å². The van der Waals surface area contributed by atoms with Crippen LogP contribution < -0.4 is 10.1 Å². The standard InChI is InChI=1S/C12H16N2O5/c1-3-19-7-8(12(16)17)14-11(15)10-9(18-2)5-4-6-13-10/h4-6,8H,3,7H2,1-2H3,(H,14,15)(H,16,17)/t8-/m0/s1. The Morgan fingerprint density at radius 1 is 1.53 bits per heavy atom. The summed E-state index contributed by atoms with van der Waals surface area (Å²) in [5, 5.41) is 11.3. The summed E-state index contributed by atoms with van der Waals surface area (Å²) in [6, 6.07) is 2.06. The second kappa shape index (κ2) is 7.32. The molecule has 7 nitrogen and oxygen atoms in total. The van der Waals surface area contributed by atoms with Gasteiger partial charge in [0.15, 0.2) is 11.7 Å². The van der Waals surface area contributed by atoms with Gasteiger partial charge in [0.05, 0.1) is 13.7 Å². The van der Waals surface area contributed by atoms with Gasteiger partial charge in [-0.15, -0.1) is 0 Å². The molecule has 104 valence electrons. The molecule has 0 aromatic carbocycles. The van der Waals surface area contributed by atoms with Crippen molar-refractivity contribution in [3.63, 3.8) is 0 Å². The van der Waals surface area contributed by atoms with Crippen LogP contribution in [-0.4, -0.2) is 48.3 Å². The Kier molecular flexibility index (Phi) is 5.74. The number of carbonyl (C=O) groups excluding carboxylic acids is 1. The summed E-state index contributed by atoms with van der Waals surface area (Å²) in [5.74, 6) is -1.51. The zero-order valence-electron chi connectivity index (χ0n) is 10.8. The smallest absolute Gasteiger partial charge is 0.328 e. The van der Waals surface area contributed by atoms with E-state index in [1.807, 2.05) is 0 Å². The average Bonchev–Trinajstić information content (AvgIpc) is 2.42. The monoisotopic (exact) mass is 268 g/mol. The van der Waals surface area contributed by atoms with Gasteiger partial charge in [-0.3, -0.25) is 4.79 Å². The molecule has 1 amide bonds. The molecule has 0 aliphatic carbocycles. The summed E-state index contributed by atoms with van der Waals surface area (Å²) in [4.78, 5) is 26.8. The third-order valence-electron chi connectivity index (χ3n) is 2.30. The molecule has 7 heteroatoms. The van der Waals surface area contributed by atoms with Crippen LogP contribution in [0.4, 0.5) is 0 Å². The predicted octanol–water partition coefficient (Wildman–Crippen LogP) is 0.310. The molecule has 0 saturated carbocycles. The lowest BCUT2D eigenvalue weighted by Crippen LogP contribution is -2.44. The molecule has 1 heterocycles. The number of hydrogen-bond acceptors (Lipinski definition) is 5. The number of methoxy groups -OCH3 is 1. The van der Waals surface area contributed by atoms with Crippen molar-refractivity contribution in [3.05, 3.63) is 24.0 Å². The summed E-state index contributed by atoms with van der Waals surface area (Å²) >= 11 is 0. The molecule has 0 spiro atoms. The number of rotatable bonds is 7. The zero-order valence-corrected chi connectivity index (χ0v) is 10.8. The lowest BCUT2D eigenvalue weighted by atomic mass is 10.2. The highest BCUT2D eigenvalue weighted by molar-refractivity contribution is 5.97. The van der Waals surface area contributed by atoms with Crippen LogP contribution in [0.2, 0.25) is 0 Å². The first-order chi connectivity index (χ1) is 9.10. The van der Waals surface area contributed by atoms with Crippen molar-refractivity contribution in [2.24, 2.45) is 0 Å². The first-order valence-corrected chi connectivity index (χ1v) is 5.70. The first-order valence-electron chi connectivity index (χ1n) is 5.70. The van der Waals surface area contributed by atoms with Crippen LogP contribution in [0.1, 0.15) is 17.4 Å². The molecule has 0 unspecified atom stereocenters. The van der Waals surface area contributed by atoms with E-state index in [0.717, 1.165) is 0 Å². The quantitative estimate of drug-likeness (QED) is 0.738. The van der Waals surface area contributed by atoms with Crippen molar-refractivity contribution in [2.75, 3.05) is 20.3 Å². The van der Waals surface area contributed by atoms with E-state index in [4.69, 9.17) is 14.6 Å². The lowest BCUT2D eigenvalue weighted by Gasteiger charge is -2.14. The molecule has 1 aromatic rings. The second-order valence-corrected chi connectivity index (χ2v) is 3.58. The summed E-state index contributed by atoms with van der Waals surface area (Å²) in [6.45, 7) is 2.00. The highest BCUT2D eigenvalue weighted by Gasteiger charge is 2.23. The number of carboxylic acids is 1. The van der Waals surface area contributed by atoms with Crippen LogP contribution in [-0.2, 0) is 9.53 Å². The van der Waals surface area contributed by atoms with E-state index in [-0.39, 0.29) is 18.1 Å². The molecule has 1 rings (SSSR count). The minimum atomic E-state index is -1.17. The van der Waals surface area contributed by atoms with Crippen LogP contribution in [0.5, 0.6) is 5.75 Å². The summed E-state index contributed by atoms with van der Waals surface area (Å²) in [6.07, 6.45) is 1.43. The molecule has 0 fully saturated rings. The van der Waals surface area contributed by atoms with Crippen molar-refractivity contribution >= 4 is 11.9 Å². The molecule has 0 aliphatic rings. The van der Waals surface area contributed by atoms with Crippen LogP contribution >= 0.6 is 0 Å². The Bertz CT molecular complexity index is 450. The van der Waals surface area contributed by atoms with Gasteiger partial charge in [-0.2, -0.15) is 0 Å². The number of ether oxygens (including phenoxy) is 2. The number of nitrogens with one attached hydrogen (secondary N) is 1. The SMILES string of the molecule is CCOC[C@H](NC(=O)c1ncccc1OC)C(=O)O. The molecular formula is C12H16N2O5. The number of amides is 1. The Morgan fingerprint density at radius 3 is 2.84 bits per heavy atom. The van der Waals surface area contributed by atoms with Gasteiger partial charge in [-0.1, -0.05) is 0 Å². The fourth-order valence-electron chi connectivity index (χ4n) is 1.36. The van der Waals surface area contributed by atoms with E-state index >= 15 is 0 Å². The number of aromatic nitrogens is 1. The van der Waals surface area contributed by atoms with Gasteiger partial charge in [-0.05, 0) is 19.1 Å². The number of pyridine rings is 1. The van der Waals surface area contributed by atoms with Crippen molar-refractivity contribution in [1.82, 2.24) is 10.3 Å². The number of carbonyl (C=O) groups is 2. The Labute approximate surface area is 110 Å². The molecule has 19 heavy (non-hydrogen) atoms. The van der Waals surface area contributed by atoms with Gasteiger partial charge >= 0.3 is 5.97 Å². The van der Waals surface area contributed by atoms with Gasteiger partial charge in [-0.25, -0.2) is 9.78 Å². The van der Waals surface area contributed by atoms with E-state index in [1.165, 1.54) is 13.3 Å². The largest absolute Gasteiger partial charge is 0.494 e. The Hall–Kier alpha value is -2.15. The van der Waals surface area contributed by atoms with Crippen molar-refractivity contribution in [3.8, 4) is 5.75 Å². The maximum absolute atomic E-state index is 11.9. The molecule has 0 aliphatic heterocycles. The third-order valence-corrected chi connectivity index (χ3v) is 2.30. The number of aliphatic carboxylic acids is 1. The van der Waals surface area contributed by atoms with Crippen molar-refractivity contribution in [1.29, 1.82) is 0 Å². The van der Waals surface area contributed by atoms with Crippen molar-refractivity contribution < 1.29 is 24.2 Å². The molecule has 1 atom stereocenters. The molecule has 2 N–H and O–H groups in total. The molecule has 0 bridgehead atoms. The van der Waals surface area contributed by atoms with E-state index in [9.17, 15) is 9.59 Å². The van der Waals surface area contributed by atoms with Crippen molar-refractivity contribution in [2.45, 2.75) is 13.0 Å². The van der Waals surface area contributed by atoms with Gasteiger partial charge in [0.2, 0.25) is 0 Å².